The summed E-state index contributed by atoms with van der Waals surface area (Å²) in [7, 11) is 0. The highest BCUT2D eigenvalue weighted by molar-refractivity contribution is 5.99. The maximum absolute atomic E-state index is 13.2. The molecule has 0 radical (unpaired) electrons. The molecule has 0 aliphatic heterocycles. The van der Waals surface area contributed by atoms with Crippen LogP contribution in [0.25, 0.3) is 22.9 Å². The van der Waals surface area contributed by atoms with E-state index in [0.29, 0.717) is 23.0 Å². The highest BCUT2D eigenvalue weighted by Gasteiger charge is 2.11. The van der Waals surface area contributed by atoms with Crippen molar-refractivity contribution < 1.29 is 18.0 Å². The molecule has 0 saturated heterocycles. The molecule has 144 valence electrons. The maximum atomic E-state index is 13.2. The summed E-state index contributed by atoms with van der Waals surface area (Å²) in [5.74, 6) is -0.808. The molecule has 0 saturated carbocycles. The summed E-state index contributed by atoms with van der Waals surface area (Å²) >= 11 is 0. The minimum absolute atomic E-state index is 0.0101. The van der Waals surface area contributed by atoms with Crippen molar-refractivity contribution in [2.24, 2.45) is 0 Å². The Labute approximate surface area is 164 Å². The molecule has 4 rings (SSSR count). The first-order valence-electron chi connectivity index (χ1n) is 8.60. The predicted octanol–water partition coefficient (Wildman–Crippen LogP) is 5.33. The van der Waals surface area contributed by atoms with Crippen LogP contribution in [0.15, 0.2) is 77.2 Å². The Bertz CT molecular complexity index is 1120. The van der Waals surface area contributed by atoms with E-state index in [1.165, 1.54) is 0 Å². The number of amides is 2. The molecule has 3 aromatic carbocycles. The van der Waals surface area contributed by atoms with Crippen molar-refractivity contribution >= 4 is 17.4 Å². The maximum Gasteiger partial charge on any atom is 0.323 e. The van der Waals surface area contributed by atoms with Crippen LogP contribution in [0.5, 0.6) is 0 Å². The normalized spacial score (nSPS) is 10.6. The summed E-state index contributed by atoms with van der Waals surface area (Å²) in [5.41, 5.74) is 1.98. The average Bonchev–Trinajstić information content (AvgIpc) is 3.18. The molecule has 2 N–H and O–H groups in total. The molecule has 0 spiro atoms. The quantitative estimate of drug-likeness (QED) is 0.492. The second-order valence-electron chi connectivity index (χ2n) is 6.09. The number of hydrogen-bond acceptors (Lipinski definition) is 4. The van der Waals surface area contributed by atoms with Gasteiger partial charge >= 0.3 is 6.03 Å². The van der Waals surface area contributed by atoms with Gasteiger partial charge in [0.05, 0.1) is 0 Å². The molecule has 1 heterocycles. The van der Waals surface area contributed by atoms with Gasteiger partial charge in [-0.3, -0.25) is 0 Å². The summed E-state index contributed by atoms with van der Waals surface area (Å²) < 4.78 is 32.1. The van der Waals surface area contributed by atoms with Crippen LogP contribution in [-0.4, -0.2) is 16.2 Å². The monoisotopic (exact) mass is 392 g/mol. The van der Waals surface area contributed by atoms with E-state index in [1.54, 1.807) is 24.3 Å². The number of rotatable bonds is 4. The molecule has 4 aromatic rings. The Morgan fingerprint density at radius 2 is 1.28 bits per heavy atom. The Morgan fingerprint density at radius 3 is 1.90 bits per heavy atom. The van der Waals surface area contributed by atoms with E-state index < -0.39 is 17.7 Å². The Balaban J connectivity index is 1.43. The number of nitrogens with zero attached hydrogens (tertiary/aromatic N) is 2. The summed E-state index contributed by atoms with van der Waals surface area (Å²) in [6.07, 6.45) is 0. The number of urea groups is 1. The van der Waals surface area contributed by atoms with Crippen molar-refractivity contribution in [3.8, 4) is 22.9 Å². The highest BCUT2D eigenvalue weighted by atomic mass is 19.1. The van der Waals surface area contributed by atoms with E-state index in [4.69, 9.17) is 4.42 Å². The van der Waals surface area contributed by atoms with Gasteiger partial charge in [-0.25, -0.2) is 13.6 Å². The minimum Gasteiger partial charge on any atom is -0.416 e. The Hall–Kier alpha value is -4.07. The fraction of sp³-hybridized carbons (Fsp3) is 0. The lowest BCUT2D eigenvalue weighted by molar-refractivity contribution is 0.262. The van der Waals surface area contributed by atoms with Crippen molar-refractivity contribution in [2.75, 3.05) is 10.6 Å². The van der Waals surface area contributed by atoms with Gasteiger partial charge in [0.25, 0.3) is 0 Å². The second-order valence-corrected chi connectivity index (χ2v) is 6.09. The first-order chi connectivity index (χ1) is 14.1. The molecule has 0 fully saturated rings. The number of nitrogens with one attached hydrogen (secondary N) is 2. The molecular weight excluding hydrogens is 378 g/mol. The molecular formula is C21H14F2N4O2. The first-order valence-corrected chi connectivity index (χ1v) is 8.60. The Morgan fingerprint density at radius 1 is 0.724 bits per heavy atom. The smallest absolute Gasteiger partial charge is 0.323 e. The van der Waals surface area contributed by atoms with E-state index >= 15 is 0 Å². The van der Waals surface area contributed by atoms with Crippen molar-refractivity contribution in [1.82, 2.24) is 10.2 Å². The van der Waals surface area contributed by atoms with Crippen LogP contribution >= 0.6 is 0 Å². The van der Waals surface area contributed by atoms with Crippen LogP contribution in [0.2, 0.25) is 0 Å². The van der Waals surface area contributed by atoms with Gasteiger partial charge in [-0.1, -0.05) is 18.2 Å². The molecule has 0 aliphatic rings. The zero-order valence-electron chi connectivity index (χ0n) is 14.9. The van der Waals surface area contributed by atoms with Crippen molar-refractivity contribution in [2.45, 2.75) is 0 Å². The number of hydrogen-bond donors (Lipinski definition) is 2. The number of anilines is 2. The third-order valence-electron chi connectivity index (χ3n) is 3.96. The van der Waals surface area contributed by atoms with Crippen LogP contribution in [0.1, 0.15) is 0 Å². The molecule has 0 atom stereocenters. The predicted molar refractivity (Wildman–Crippen MR) is 104 cm³/mol. The van der Waals surface area contributed by atoms with Gasteiger partial charge in [0, 0.05) is 28.6 Å². The van der Waals surface area contributed by atoms with E-state index in [9.17, 15) is 13.6 Å². The Kier molecular flexibility index (Phi) is 4.98. The number of aromatic nitrogens is 2. The molecule has 29 heavy (non-hydrogen) atoms. The summed E-state index contributed by atoms with van der Waals surface area (Å²) in [6.45, 7) is 0. The van der Waals surface area contributed by atoms with Crippen LogP contribution in [-0.2, 0) is 0 Å². The van der Waals surface area contributed by atoms with E-state index in [-0.39, 0.29) is 5.69 Å². The van der Waals surface area contributed by atoms with Crippen LogP contribution in [0.3, 0.4) is 0 Å². The van der Waals surface area contributed by atoms with E-state index in [1.807, 2.05) is 30.3 Å². The van der Waals surface area contributed by atoms with Crippen molar-refractivity contribution in [1.29, 1.82) is 0 Å². The molecule has 0 bridgehead atoms. The third-order valence-corrected chi connectivity index (χ3v) is 3.96. The van der Waals surface area contributed by atoms with Crippen LogP contribution in [0, 0.1) is 11.6 Å². The van der Waals surface area contributed by atoms with Crippen molar-refractivity contribution in [3.05, 3.63) is 84.4 Å². The minimum atomic E-state index is -0.779. The molecule has 1 aromatic heterocycles. The molecule has 0 aliphatic carbocycles. The first kappa shape index (κ1) is 18.3. The van der Waals surface area contributed by atoms with Crippen LogP contribution < -0.4 is 10.6 Å². The average molecular weight is 392 g/mol. The topological polar surface area (TPSA) is 80.1 Å². The SMILES string of the molecule is O=C(Nc1ccc(-c2nnc(-c3ccccc3)o2)cc1)Nc1cc(F)cc(F)c1. The number of halogens is 2. The largest absolute Gasteiger partial charge is 0.416 e. The fourth-order valence-electron chi connectivity index (χ4n) is 2.65. The zero-order valence-corrected chi connectivity index (χ0v) is 14.9. The van der Waals surface area contributed by atoms with Crippen molar-refractivity contribution in [3.63, 3.8) is 0 Å². The van der Waals surface area contributed by atoms with Gasteiger partial charge in [0.15, 0.2) is 0 Å². The van der Waals surface area contributed by atoms with Gasteiger partial charge in [0.2, 0.25) is 11.8 Å². The molecule has 2 amide bonds. The summed E-state index contributed by atoms with van der Waals surface area (Å²) in [4.78, 5) is 12.0. The molecule has 8 heteroatoms. The number of carbonyl (C=O) groups excluding carboxylic acids is 1. The lowest BCUT2D eigenvalue weighted by Crippen LogP contribution is -2.19. The molecule has 0 unspecified atom stereocenters. The fourth-order valence-corrected chi connectivity index (χ4v) is 2.65. The molecule has 6 nitrogen and oxygen atoms in total. The lowest BCUT2D eigenvalue weighted by Gasteiger charge is -2.08. The lowest BCUT2D eigenvalue weighted by atomic mass is 10.2. The van der Waals surface area contributed by atoms with E-state index in [0.717, 1.165) is 23.8 Å². The third kappa shape index (κ3) is 4.44. The second kappa shape index (κ2) is 7.89. The summed E-state index contributed by atoms with van der Waals surface area (Å²) in [5, 5.41) is 13.0. The van der Waals surface area contributed by atoms with Crippen LogP contribution in [0.4, 0.5) is 25.0 Å². The zero-order chi connectivity index (χ0) is 20.2. The van der Waals surface area contributed by atoms with Gasteiger partial charge in [-0.15, -0.1) is 10.2 Å². The standard InChI is InChI=1S/C21H14F2N4O2/c22-15-10-16(23)12-18(11-15)25-21(28)24-17-8-6-14(7-9-17)20-27-26-19(29-20)13-4-2-1-3-5-13/h1-12H,(H2,24,25,28). The number of benzene rings is 3. The van der Waals surface area contributed by atoms with Gasteiger partial charge in [0.1, 0.15) is 11.6 Å². The van der Waals surface area contributed by atoms with Gasteiger partial charge in [-0.05, 0) is 48.5 Å². The van der Waals surface area contributed by atoms with E-state index in [2.05, 4.69) is 20.8 Å². The van der Waals surface area contributed by atoms with Gasteiger partial charge in [-0.2, -0.15) is 0 Å². The number of carbonyl (C=O) groups is 1. The van der Waals surface area contributed by atoms with Gasteiger partial charge < -0.3 is 15.1 Å². The highest BCUT2D eigenvalue weighted by Crippen LogP contribution is 2.24. The summed E-state index contributed by atoms with van der Waals surface area (Å²) in [6, 6.07) is 18.2.